The van der Waals surface area contributed by atoms with Gasteiger partial charge in [0, 0.05) is 29.9 Å². The molecule has 4 rings (SSSR count). The van der Waals surface area contributed by atoms with Crippen LogP contribution in [0.15, 0.2) is 125 Å². The third-order valence-electron chi connectivity index (χ3n) is 6.95. The Morgan fingerprint density at radius 2 is 1.59 bits per heavy atom. The van der Waals surface area contributed by atoms with E-state index in [1.165, 1.54) is 27.8 Å². The summed E-state index contributed by atoms with van der Waals surface area (Å²) >= 11 is 0. The molecule has 0 aromatic heterocycles. The SMILES string of the molecule is C=C(C)NC1=NC(=C)C(C(C2=C(C)CC(c3ccccc3)CC2=C)c2ccccc2)=C(C)N1C. The molecule has 3 heteroatoms. The molecule has 2 unspecified atom stereocenters. The number of allylic oxidation sites excluding steroid dienone is 6. The van der Waals surface area contributed by atoms with Gasteiger partial charge in [-0.25, -0.2) is 4.99 Å². The number of nitrogens with one attached hydrogen (secondary N) is 1. The molecule has 2 aliphatic rings. The number of hydrogen-bond acceptors (Lipinski definition) is 3. The third-order valence-corrected chi connectivity index (χ3v) is 6.95. The second-order valence-electron chi connectivity index (χ2n) is 9.50. The van der Waals surface area contributed by atoms with Gasteiger partial charge < -0.3 is 10.2 Å². The number of rotatable bonds is 5. The number of guanidine groups is 1. The van der Waals surface area contributed by atoms with Gasteiger partial charge in [-0.15, -0.1) is 0 Å². The molecule has 1 aliphatic carbocycles. The van der Waals surface area contributed by atoms with E-state index in [1.807, 2.05) is 14.0 Å². The molecule has 1 aliphatic heterocycles. The van der Waals surface area contributed by atoms with Crippen LogP contribution in [-0.4, -0.2) is 17.9 Å². The van der Waals surface area contributed by atoms with Crippen LogP contribution in [0.1, 0.15) is 56.6 Å². The van der Waals surface area contributed by atoms with Gasteiger partial charge in [0.1, 0.15) is 0 Å². The first-order valence-electron chi connectivity index (χ1n) is 11.9. The second kappa shape index (κ2) is 9.72. The van der Waals surface area contributed by atoms with Crippen molar-refractivity contribution in [3.05, 3.63) is 131 Å². The lowest BCUT2D eigenvalue weighted by Crippen LogP contribution is -2.40. The molecule has 3 nitrogen and oxygen atoms in total. The quantitative estimate of drug-likeness (QED) is 0.514. The van der Waals surface area contributed by atoms with Gasteiger partial charge in [-0.05, 0) is 56.2 Å². The van der Waals surface area contributed by atoms with Crippen LogP contribution in [0.4, 0.5) is 0 Å². The molecule has 174 valence electrons. The van der Waals surface area contributed by atoms with Crippen LogP contribution in [0.2, 0.25) is 0 Å². The Kier molecular flexibility index (Phi) is 6.74. The zero-order chi connectivity index (χ0) is 24.4. The maximum Gasteiger partial charge on any atom is 0.207 e. The zero-order valence-corrected chi connectivity index (χ0v) is 20.9. The van der Waals surface area contributed by atoms with Gasteiger partial charge >= 0.3 is 0 Å². The van der Waals surface area contributed by atoms with Gasteiger partial charge in [0.05, 0.1) is 5.70 Å². The molecule has 34 heavy (non-hydrogen) atoms. The van der Waals surface area contributed by atoms with Crippen molar-refractivity contribution in [3.63, 3.8) is 0 Å². The Balaban J connectivity index is 1.81. The standard InChI is InChI=1S/C31H35N3/c1-20(2)32-31-33-23(5)29(24(6)34(31)7)30(26-16-12-9-13-17-26)28-21(3)18-27(19-22(28)4)25-14-10-8-11-15-25/h8-17,27,30H,1,3,5,18-19H2,2,4,6-7H3,(H,32,33). The molecular weight excluding hydrogens is 414 g/mol. The van der Waals surface area contributed by atoms with Crippen molar-refractivity contribution < 1.29 is 0 Å². The highest BCUT2D eigenvalue weighted by Gasteiger charge is 2.34. The summed E-state index contributed by atoms with van der Waals surface area (Å²) in [6.07, 6.45) is 1.99. The molecule has 0 saturated carbocycles. The van der Waals surface area contributed by atoms with Crippen LogP contribution in [-0.2, 0) is 0 Å². The van der Waals surface area contributed by atoms with E-state index < -0.39 is 0 Å². The Morgan fingerprint density at radius 3 is 2.18 bits per heavy atom. The smallest absolute Gasteiger partial charge is 0.207 e. The summed E-state index contributed by atoms with van der Waals surface area (Å²) in [6.45, 7) is 19.3. The lowest BCUT2D eigenvalue weighted by molar-refractivity contribution is 0.570. The molecule has 0 saturated heterocycles. The zero-order valence-electron chi connectivity index (χ0n) is 20.9. The lowest BCUT2D eigenvalue weighted by atomic mass is 9.70. The predicted molar refractivity (Wildman–Crippen MR) is 144 cm³/mol. The number of benzene rings is 2. The Bertz CT molecular complexity index is 1210. The van der Waals surface area contributed by atoms with Gasteiger partial charge in [0.2, 0.25) is 5.96 Å². The molecule has 1 N–H and O–H groups in total. The average molecular weight is 450 g/mol. The van der Waals surface area contributed by atoms with Crippen molar-refractivity contribution >= 4 is 5.96 Å². The molecule has 1 heterocycles. The molecule has 0 bridgehead atoms. The van der Waals surface area contributed by atoms with E-state index in [9.17, 15) is 0 Å². The minimum atomic E-state index is 0.0375. The van der Waals surface area contributed by atoms with Gasteiger partial charge in [0.15, 0.2) is 0 Å². The van der Waals surface area contributed by atoms with Crippen molar-refractivity contribution in [1.29, 1.82) is 0 Å². The summed E-state index contributed by atoms with van der Waals surface area (Å²) in [5.74, 6) is 1.25. The van der Waals surface area contributed by atoms with E-state index >= 15 is 0 Å². The highest BCUT2D eigenvalue weighted by atomic mass is 15.3. The lowest BCUT2D eigenvalue weighted by Gasteiger charge is -2.38. The van der Waals surface area contributed by atoms with Crippen LogP contribution in [0, 0.1) is 0 Å². The van der Waals surface area contributed by atoms with E-state index in [-0.39, 0.29) is 5.92 Å². The fourth-order valence-electron chi connectivity index (χ4n) is 5.29. The summed E-state index contributed by atoms with van der Waals surface area (Å²) < 4.78 is 0. The molecular formula is C31H35N3. The van der Waals surface area contributed by atoms with E-state index in [2.05, 4.69) is 104 Å². The molecule has 2 atom stereocenters. The first-order chi connectivity index (χ1) is 16.3. The average Bonchev–Trinajstić information content (AvgIpc) is 2.81. The van der Waals surface area contributed by atoms with Crippen molar-refractivity contribution in [2.24, 2.45) is 4.99 Å². The van der Waals surface area contributed by atoms with Crippen molar-refractivity contribution in [2.75, 3.05) is 7.05 Å². The van der Waals surface area contributed by atoms with Gasteiger partial charge in [-0.2, -0.15) is 0 Å². The van der Waals surface area contributed by atoms with E-state index in [0.717, 1.165) is 41.5 Å². The summed E-state index contributed by atoms with van der Waals surface area (Å²) in [6, 6.07) is 21.5. The summed E-state index contributed by atoms with van der Waals surface area (Å²) in [5, 5.41) is 3.27. The molecule has 2 aromatic carbocycles. The fraction of sp³-hybridized carbons (Fsp3) is 0.258. The van der Waals surface area contributed by atoms with Crippen molar-refractivity contribution in [3.8, 4) is 0 Å². The van der Waals surface area contributed by atoms with Crippen molar-refractivity contribution in [2.45, 2.75) is 45.4 Å². The van der Waals surface area contributed by atoms with Gasteiger partial charge in [0.25, 0.3) is 0 Å². The Labute approximate surface area is 204 Å². The first-order valence-corrected chi connectivity index (χ1v) is 11.9. The molecule has 0 amide bonds. The number of nitrogens with zero attached hydrogens (tertiary/aromatic N) is 2. The van der Waals surface area contributed by atoms with Crippen LogP contribution >= 0.6 is 0 Å². The monoisotopic (exact) mass is 449 g/mol. The molecule has 0 spiro atoms. The maximum absolute atomic E-state index is 4.86. The number of aliphatic imine (C=N–C) groups is 1. The predicted octanol–water partition coefficient (Wildman–Crippen LogP) is 7.43. The first kappa shape index (κ1) is 23.6. The van der Waals surface area contributed by atoms with Gasteiger partial charge in [-0.3, -0.25) is 0 Å². The van der Waals surface area contributed by atoms with Gasteiger partial charge in [-0.1, -0.05) is 91.5 Å². The van der Waals surface area contributed by atoms with Crippen LogP contribution in [0.5, 0.6) is 0 Å². The van der Waals surface area contributed by atoms with Crippen molar-refractivity contribution in [1.82, 2.24) is 10.2 Å². The minimum absolute atomic E-state index is 0.0375. The normalized spacial score (nSPS) is 19.8. The molecule has 2 aromatic rings. The van der Waals surface area contributed by atoms with E-state index in [1.54, 1.807) is 0 Å². The second-order valence-corrected chi connectivity index (χ2v) is 9.50. The Morgan fingerprint density at radius 1 is 0.971 bits per heavy atom. The molecule has 0 fully saturated rings. The third kappa shape index (κ3) is 4.56. The summed E-state index contributed by atoms with van der Waals surface area (Å²) in [5.41, 5.74) is 10.5. The topological polar surface area (TPSA) is 27.6 Å². The molecule has 0 radical (unpaired) electrons. The minimum Gasteiger partial charge on any atom is -0.330 e. The number of hydrogen-bond donors (Lipinski definition) is 1. The Hall–Kier alpha value is -3.59. The highest BCUT2D eigenvalue weighted by molar-refractivity contribution is 5.86. The highest BCUT2D eigenvalue weighted by Crippen LogP contribution is 2.49. The summed E-state index contributed by atoms with van der Waals surface area (Å²) in [4.78, 5) is 6.96. The fourth-order valence-corrected chi connectivity index (χ4v) is 5.29. The van der Waals surface area contributed by atoms with E-state index in [0.29, 0.717) is 5.92 Å². The van der Waals surface area contributed by atoms with Crippen LogP contribution in [0.25, 0.3) is 0 Å². The van der Waals surface area contributed by atoms with E-state index in [4.69, 9.17) is 4.99 Å². The summed E-state index contributed by atoms with van der Waals surface area (Å²) in [7, 11) is 2.04. The maximum atomic E-state index is 4.86. The van der Waals surface area contributed by atoms with Crippen LogP contribution in [0.3, 0.4) is 0 Å². The van der Waals surface area contributed by atoms with Crippen LogP contribution < -0.4 is 5.32 Å². The largest absolute Gasteiger partial charge is 0.330 e.